The van der Waals surface area contributed by atoms with Crippen LogP contribution in [0.4, 0.5) is 48.3 Å². The Morgan fingerprint density at radius 1 is 0.387 bits per heavy atom. The SMILES string of the molecule is CCOC(=O)C1=C(CN2CC(F)(F)CC[C@H]2CCC(=O)O)NC(c2nccs2)=N[C@H]1c1ccc(Cl)cc1Cl.CCOC(=O)C1=C(CN2CC(F)(F)CC[C@H]2CCC(=O)O)NC(c2nccs2)=N[C@H]1c1ccc(F)cc1Cl.COC(=O)C1=C(CN2CC(F)(F)CC[C@H]2CCC(=O)O)NC(c2nccs2)=N[C@H]1c1ccc(F)cc1Br.COC(=O)C1=C(CN2CC(F)(F)CC[C@H]2CCC(=O)O)NC(c2nccs2)=N[C@H]1c1ccc(F)cc1Cl. The number of carboxylic acids is 4. The number of nitrogens with zero attached hydrogens (tertiary/aromatic N) is 12. The molecule has 4 aromatic carbocycles. The zero-order valence-electron chi connectivity index (χ0n) is 80.3. The van der Waals surface area contributed by atoms with Crippen LogP contribution in [-0.4, -0.2) is 259 Å². The average molecular weight is 2320 g/mol. The number of rotatable bonds is 34. The van der Waals surface area contributed by atoms with Gasteiger partial charge in [0, 0.05) is 212 Å². The third-order valence-electron chi connectivity index (χ3n) is 25.3. The zero-order chi connectivity index (χ0) is 108. The number of thiazole rings is 4. The number of amidine groups is 4. The molecule has 0 saturated carbocycles. The van der Waals surface area contributed by atoms with Crippen LogP contribution in [-0.2, 0) is 57.3 Å². The normalized spacial score (nSPS) is 21.7. The summed E-state index contributed by atoms with van der Waals surface area (Å²) in [6, 6.07) is 10.5. The molecule has 0 spiro atoms. The van der Waals surface area contributed by atoms with Crippen molar-refractivity contribution in [2.75, 3.05) is 79.8 Å². The quantitative estimate of drug-likeness (QED) is 0.0105. The lowest BCUT2D eigenvalue weighted by Gasteiger charge is -2.41. The highest BCUT2D eigenvalue weighted by atomic mass is 79.9. The molecule has 0 unspecified atom stereocenters. The number of ether oxygens (including phenoxy) is 4. The number of aliphatic imine (C=N–C) groups is 4. The number of halogens is 16. The predicted molar refractivity (Wildman–Crippen MR) is 543 cm³/mol. The number of aromatic nitrogens is 4. The summed E-state index contributed by atoms with van der Waals surface area (Å²) in [5, 5.41) is 58.7. The van der Waals surface area contributed by atoms with Crippen molar-refractivity contribution in [3.05, 3.63) is 248 Å². The first-order valence-electron chi connectivity index (χ1n) is 46.9. The third-order valence-corrected chi connectivity index (χ3v) is 30.3. The Bertz CT molecular complexity index is 6140. The average Bonchev–Trinajstić information content (AvgIpc) is 1.43. The fourth-order valence-electron chi connectivity index (χ4n) is 18.4. The lowest BCUT2D eigenvalue weighted by molar-refractivity contribution is -0.140. The minimum atomic E-state index is -2.98. The molecule has 4 saturated heterocycles. The maximum Gasteiger partial charge on any atom is 0.338 e. The first kappa shape index (κ1) is 116. The number of piperidine rings is 4. The summed E-state index contributed by atoms with van der Waals surface area (Å²) in [4.78, 5) is 139. The highest BCUT2D eigenvalue weighted by molar-refractivity contribution is 9.10. The molecule has 8 aromatic rings. The molecular weight excluding hydrogens is 2220 g/mol. The Morgan fingerprint density at radius 3 is 0.880 bits per heavy atom. The van der Waals surface area contributed by atoms with Crippen LogP contribution in [0.3, 0.4) is 0 Å². The van der Waals surface area contributed by atoms with Gasteiger partial charge >= 0.3 is 47.8 Å². The first-order chi connectivity index (χ1) is 71.3. The van der Waals surface area contributed by atoms with E-state index < -0.39 is 163 Å². The zero-order valence-corrected chi connectivity index (χ0v) is 88.2. The van der Waals surface area contributed by atoms with Gasteiger partial charge in [-0.3, -0.25) is 58.7 Å². The standard InChI is InChI=1S/C25H26Cl2F2N4O4S.C25H26ClF3N4O4S.C24H24BrF3N4O4S.C24H24ClF3N4O4S/c1-2-37-24(36)20-18(12-33-13-25(28,29)8-7-15(33)4-6-19(34)35)31-22(23-30-9-10-38-23)32-21(20)16-5-3-14(26)11-17(16)27;1-2-37-24(36)20-18(12-33-13-25(28,29)8-7-15(33)4-6-19(34)35)31-22(23-30-9-10-38-23)32-21(20)16-5-3-14(27)11-17(16)26;2*1-36-23(35)19-17(11-32-12-24(27,28)7-6-14(32)3-5-18(33)34)30-21(22-29-8-9-37-22)31-20(19)15-4-2-13(26)10-16(15)25/h2*3,5,9-11,15,21H,2,4,6-8,12-13H2,1H3,(H,31,32)(H,34,35);2*2,4,8-10,14,20H,3,5-7,11-12H2,1H3,(H,30,31)(H,33,34)/t2*15-,21+;2*14-,20+/m1111/s1. The molecule has 150 heavy (non-hydrogen) atoms. The lowest BCUT2D eigenvalue weighted by Crippen LogP contribution is -2.51. The van der Waals surface area contributed by atoms with E-state index in [-0.39, 0.29) is 202 Å². The van der Waals surface area contributed by atoms with Crippen LogP contribution in [0.5, 0.6) is 0 Å². The Balaban J connectivity index is 0.000000167. The number of carboxylic acid groups (broad SMARTS) is 4. The van der Waals surface area contributed by atoms with Gasteiger partial charge in [-0.15, -0.1) is 45.3 Å². The Hall–Kier alpha value is -11.3. The molecule has 8 aliphatic heterocycles. The molecule has 32 nitrogen and oxygen atoms in total. The summed E-state index contributed by atoms with van der Waals surface area (Å²) in [6.07, 6.45) is 5.43. The van der Waals surface area contributed by atoms with Crippen LogP contribution in [0.15, 0.2) is 189 Å². The molecule has 804 valence electrons. The number of hydrogen-bond donors (Lipinski definition) is 8. The van der Waals surface area contributed by atoms with Crippen molar-refractivity contribution in [2.45, 2.75) is 189 Å². The molecule has 0 amide bonds. The molecule has 0 aliphatic carbocycles. The van der Waals surface area contributed by atoms with Gasteiger partial charge < -0.3 is 60.6 Å². The van der Waals surface area contributed by atoms with Gasteiger partial charge in [0.1, 0.15) is 41.6 Å². The van der Waals surface area contributed by atoms with Gasteiger partial charge in [-0.05, 0) is 119 Å². The number of methoxy groups -OCH3 is 2. The maximum atomic E-state index is 14.5. The maximum absolute atomic E-state index is 14.5. The van der Waals surface area contributed by atoms with Crippen LogP contribution in [0, 0.1) is 17.5 Å². The minimum Gasteiger partial charge on any atom is -0.481 e. The molecule has 8 aliphatic rings. The number of aliphatic carboxylic acids is 4. The smallest absolute Gasteiger partial charge is 0.338 e. The monoisotopic (exact) mass is 2310 g/mol. The van der Waals surface area contributed by atoms with Gasteiger partial charge in [0.25, 0.3) is 23.7 Å². The van der Waals surface area contributed by atoms with Gasteiger partial charge in [0.05, 0.1) is 75.9 Å². The summed E-state index contributed by atoms with van der Waals surface area (Å²) < 4.78 is 179. The molecule has 16 rings (SSSR count). The Labute approximate surface area is 896 Å². The van der Waals surface area contributed by atoms with Crippen LogP contribution in [0.25, 0.3) is 0 Å². The summed E-state index contributed by atoms with van der Waals surface area (Å²) in [7, 11) is 2.38. The number of likely N-dealkylation sites (tertiary alicyclic amines) is 4. The molecule has 0 radical (unpaired) electrons. The van der Waals surface area contributed by atoms with Gasteiger partial charge in [-0.25, -0.2) is 87.4 Å². The number of carbonyl (C=O) groups excluding carboxylic acids is 4. The van der Waals surface area contributed by atoms with Crippen molar-refractivity contribution < 1.29 is 126 Å². The van der Waals surface area contributed by atoms with E-state index in [2.05, 4.69) is 72.1 Å². The topological polar surface area (TPSA) is 416 Å². The second kappa shape index (κ2) is 51.9. The number of hydrogen-bond acceptors (Lipinski definition) is 32. The number of esters is 4. The van der Waals surface area contributed by atoms with Gasteiger partial charge in [0.2, 0.25) is 0 Å². The van der Waals surface area contributed by atoms with Crippen LogP contribution >= 0.6 is 108 Å². The Kier molecular flexibility index (Phi) is 40.1. The third kappa shape index (κ3) is 30.6. The van der Waals surface area contributed by atoms with E-state index >= 15 is 0 Å². The van der Waals surface area contributed by atoms with E-state index in [4.69, 9.17) is 85.7 Å². The van der Waals surface area contributed by atoms with Crippen molar-refractivity contribution in [2.24, 2.45) is 20.0 Å². The lowest BCUT2D eigenvalue weighted by atomic mass is 9.92. The Morgan fingerprint density at radius 2 is 0.640 bits per heavy atom. The van der Waals surface area contributed by atoms with Crippen molar-refractivity contribution in [3.8, 4) is 0 Å². The molecule has 8 N–H and O–H groups in total. The highest BCUT2D eigenvalue weighted by Crippen LogP contribution is 2.47. The highest BCUT2D eigenvalue weighted by Gasteiger charge is 2.49. The fraction of sp³-hybridized carbons (Fsp3) is 0.429. The van der Waals surface area contributed by atoms with E-state index in [0.717, 1.165) is 12.1 Å². The molecule has 8 atom stereocenters. The van der Waals surface area contributed by atoms with Crippen molar-refractivity contribution in [1.29, 1.82) is 0 Å². The van der Waals surface area contributed by atoms with E-state index in [1.165, 1.54) is 128 Å². The second-order valence-electron chi connectivity index (χ2n) is 35.6. The minimum absolute atomic E-state index is 0.0266. The molecule has 52 heteroatoms. The molecule has 12 heterocycles. The summed E-state index contributed by atoms with van der Waals surface area (Å²) in [5.74, 6) is -19.2. The number of alkyl halides is 8. The van der Waals surface area contributed by atoms with Crippen LogP contribution in [0.1, 0.15) is 183 Å². The van der Waals surface area contributed by atoms with E-state index in [1.54, 1.807) is 72.3 Å². The number of benzene rings is 4. The molecule has 4 aromatic heterocycles. The van der Waals surface area contributed by atoms with Crippen molar-refractivity contribution in [1.82, 2.24) is 60.8 Å². The number of nitrogens with one attached hydrogen (secondary N) is 4. The van der Waals surface area contributed by atoms with Gasteiger partial charge in [-0.2, -0.15) is 0 Å². The molecular formula is C98H100BrCl4F11N16O16S4. The van der Waals surface area contributed by atoms with Crippen molar-refractivity contribution >= 4 is 179 Å². The van der Waals surface area contributed by atoms with Gasteiger partial charge in [-0.1, -0.05) is 86.6 Å². The van der Waals surface area contributed by atoms with E-state index in [9.17, 15) is 91.8 Å². The summed E-state index contributed by atoms with van der Waals surface area (Å²) in [5.41, 5.74) is 3.00. The summed E-state index contributed by atoms with van der Waals surface area (Å²) in [6.45, 7) is 0.588. The fourth-order valence-corrected chi connectivity index (χ4v) is 22.3. The molecule has 4 fully saturated rings. The van der Waals surface area contributed by atoms with Crippen LogP contribution in [0.2, 0.25) is 20.1 Å². The second-order valence-corrected chi connectivity index (χ2v) is 41.7. The predicted octanol–water partition coefficient (Wildman–Crippen LogP) is 19.1. The van der Waals surface area contributed by atoms with Gasteiger partial charge in [0.15, 0.2) is 43.4 Å². The first-order valence-corrected chi connectivity index (χ1v) is 52.7. The van der Waals surface area contributed by atoms with E-state index in [0.29, 0.717) is 75.0 Å². The largest absolute Gasteiger partial charge is 0.481 e. The van der Waals surface area contributed by atoms with E-state index in [1.807, 2.05) is 0 Å². The van der Waals surface area contributed by atoms with Crippen molar-refractivity contribution in [3.63, 3.8) is 0 Å². The molecule has 0 bridgehead atoms. The number of carbonyl (C=O) groups is 8. The summed E-state index contributed by atoms with van der Waals surface area (Å²) >= 11 is 33.8. The van der Waals surface area contributed by atoms with Crippen LogP contribution < -0.4 is 21.3 Å².